The van der Waals surface area contributed by atoms with Crippen molar-refractivity contribution >= 4 is 84.3 Å². The van der Waals surface area contributed by atoms with Crippen LogP contribution < -0.4 is 15.3 Å². The summed E-state index contributed by atoms with van der Waals surface area (Å²) in [5, 5.41) is 29.1. The molecule has 46 heavy (non-hydrogen) atoms. The van der Waals surface area contributed by atoms with Crippen LogP contribution in [0.3, 0.4) is 0 Å². The molecule has 0 spiro atoms. The molecule has 3 atom stereocenters. The number of hydrogen-bond acceptors (Lipinski definition) is 11. The molecule has 0 aromatic rings. The zero-order valence-electron chi connectivity index (χ0n) is 29.6. The van der Waals surface area contributed by atoms with Crippen LogP contribution >= 0.6 is 37.9 Å². The summed E-state index contributed by atoms with van der Waals surface area (Å²) in [4.78, 5) is 41.1. The first kappa shape index (κ1) is 52.5. The van der Waals surface area contributed by atoms with Crippen molar-refractivity contribution in [2.45, 2.75) is 164 Å². The van der Waals surface area contributed by atoms with Gasteiger partial charge in [-0.25, -0.2) is 0 Å². The van der Waals surface area contributed by atoms with Gasteiger partial charge in [-0.1, -0.05) is 119 Å². The summed E-state index contributed by atoms with van der Waals surface area (Å²) in [5.74, 6) is -1.02. The van der Waals surface area contributed by atoms with Gasteiger partial charge in [0.05, 0.1) is 17.9 Å². The molecule has 0 amide bonds. The summed E-state index contributed by atoms with van der Waals surface area (Å²) in [7, 11) is 1.41. The average Bonchev–Trinajstić information content (AvgIpc) is 2.96. The zero-order valence-corrected chi connectivity index (χ0v) is 35.1. The molecule has 0 aromatic heterocycles. The standard InChI is InChI=1S/3C10H20O2S.C4H7O2.Sn/c3*1-8(2)6-4-3-5-7-9(13)10(11)12;1-3-4(5)6-2;/h3*8-9,13H,3-7H2,1-2H3,(H,11,12);1,3H2,2H3;/q;;;;+3/p-3. The number of methoxy groups -OCH3 is 1. The van der Waals surface area contributed by atoms with Crippen LogP contribution in [0.15, 0.2) is 0 Å². The molecule has 0 fully saturated rings. The molecule has 0 saturated carbocycles. The molecular weight excluding hydrogens is 751 g/mol. The molecule has 0 N–H and O–H groups in total. The van der Waals surface area contributed by atoms with E-state index >= 15 is 0 Å². The maximum absolute atomic E-state index is 10.3. The van der Waals surface area contributed by atoms with Crippen LogP contribution in [0.1, 0.15) is 144 Å². The summed E-state index contributed by atoms with van der Waals surface area (Å²) >= 11 is 13.1. The predicted molar refractivity (Wildman–Crippen MR) is 194 cm³/mol. The van der Waals surface area contributed by atoms with Crippen molar-refractivity contribution < 1.29 is 39.2 Å². The molecular formula is C34H64O8S3Sn. The zero-order chi connectivity index (χ0) is 36.5. The van der Waals surface area contributed by atoms with Gasteiger partial charge in [-0.15, -0.1) is 0 Å². The van der Waals surface area contributed by atoms with Crippen molar-refractivity contribution in [3.8, 4) is 0 Å². The first-order chi connectivity index (χ1) is 21.4. The number of carboxylic acid groups (broad SMARTS) is 3. The molecule has 270 valence electrons. The average molecular weight is 816 g/mol. The van der Waals surface area contributed by atoms with E-state index in [-0.39, 0.29) is 5.97 Å². The molecule has 0 bridgehead atoms. The Morgan fingerprint density at radius 3 is 0.913 bits per heavy atom. The van der Waals surface area contributed by atoms with Crippen molar-refractivity contribution in [2.24, 2.45) is 17.8 Å². The van der Waals surface area contributed by atoms with Crippen LogP contribution in [0.25, 0.3) is 0 Å². The molecule has 0 radical (unpaired) electrons. The van der Waals surface area contributed by atoms with Gasteiger partial charge in [-0.05, 0) is 37.0 Å². The van der Waals surface area contributed by atoms with Gasteiger partial charge in [-0.2, -0.15) is 37.9 Å². The second-order valence-corrected chi connectivity index (χ2v) is 16.0. The molecule has 0 rings (SSSR count). The second-order valence-electron chi connectivity index (χ2n) is 12.7. The molecule has 0 aliphatic carbocycles. The molecule has 0 aliphatic heterocycles. The first-order valence-electron chi connectivity index (χ1n) is 16.8. The Hall–Kier alpha value is -0.271. The Morgan fingerprint density at radius 2 is 0.761 bits per heavy atom. The Morgan fingerprint density at radius 1 is 0.522 bits per heavy atom. The van der Waals surface area contributed by atoms with Crippen LogP contribution in [-0.4, -0.2) is 69.3 Å². The fourth-order valence-electron chi connectivity index (χ4n) is 3.76. The number of carboxylic acids is 3. The van der Waals surface area contributed by atoms with Gasteiger partial charge in [-0.3, -0.25) is 0 Å². The molecule has 8 nitrogen and oxygen atoms in total. The fraction of sp³-hybridized carbons (Fsp3) is 0.882. The number of ether oxygens (including phenoxy) is 1. The molecule has 0 aromatic carbocycles. The van der Waals surface area contributed by atoms with E-state index in [1.165, 1.54) is 68.2 Å². The summed E-state index contributed by atoms with van der Waals surface area (Å²) in [6, 6.07) is 0. The third kappa shape index (κ3) is 48.1. The predicted octanol–water partition coefficient (Wildman–Crippen LogP) is 5.06. The maximum atomic E-state index is 10.3. The van der Waals surface area contributed by atoms with Gasteiger partial charge < -0.3 is 29.7 Å². The molecule has 0 aliphatic rings. The molecule has 0 heterocycles. The quantitative estimate of drug-likeness (QED) is 0.0562. The Bertz CT molecular complexity index is 658. The van der Waals surface area contributed by atoms with Crippen molar-refractivity contribution in [3.05, 3.63) is 0 Å². The summed E-state index contributed by atoms with van der Waals surface area (Å²) < 4.78 is 5.32. The Kier molecular flexibility index (Phi) is 42.9. The SMILES string of the molecule is CC(C)CCCCCC(S)C(=O)[O-].CC(C)CCCCCC(S)C(=O)[O-].CC(C)CCCCCC(S)C(=O)[O-].COC(=O)C[CH2][Sn+3]. The van der Waals surface area contributed by atoms with Crippen molar-refractivity contribution in [3.63, 3.8) is 0 Å². The number of rotatable bonds is 23. The van der Waals surface area contributed by atoms with E-state index in [0.29, 0.717) is 25.7 Å². The number of carbonyl (C=O) groups excluding carboxylic acids is 4. The summed E-state index contributed by atoms with van der Waals surface area (Å²) in [6.45, 7) is 13.2. The van der Waals surface area contributed by atoms with Crippen LogP contribution in [0.2, 0.25) is 4.44 Å². The van der Waals surface area contributed by atoms with E-state index in [1.54, 1.807) is 0 Å². The number of esters is 1. The third-order valence-electron chi connectivity index (χ3n) is 6.65. The topological polar surface area (TPSA) is 147 Å². The van der Waals surface area contributed by atoms with Gasteiger partial charge in [0.25, 0.3) is 0 Å². The second kappa shape index (κ2) is 37.5. The first-order valence-corrected chi connectivity index (χ1v) is 20.4. The number of unbranched alkanes of at least 4 members (excludes halogenated alkanes) is 6. The van der Waals surface area contributed by atoms with Gasteiger partial charge in [0.2, 0.25) is 0 Å². The van der Waals surface area contributed by atoms with Gasteiger partial charge >= 0.3 is 56.0 Å². The van der Waals surface area contributed by atoms with Gasteiger partial charge in [0.1, 0.15) is 0 Å². The van der Waals surface area contributed by atoms with Gasteiger partial charge in [0, 0.05) is 15.7 Å². The molecule has 0 saturated heterocycles. The summed E-state index contributed by atoms with van der Waals surface area (Å²) in [5.41, 5.74) is 0. The van der Waals surface area contributed by atoms with Crippen LogP contribution in [-0.2, 0) is 23.9 Å². The van der Waals surface area contributed by atoms with Gasteiger partial charge in [0.15, 0.2) is 0 Å². The van der Waals surface area contributed by atoms with Crippen LogP contribution in [0.4, 0.5) is 0 Å². The Balaban J connectivity index is -0.000000261. The molecule has 3 unspecified atom stereocenters. The van der Waals surface area contributed by atoms with Crippen LogP contribution in [0, 0.1) is 17.8 Å². The minimum atomic E-state index is -1.05. The van der Waals surface area contributed by atoms with Crippen LogP contribution in [0.5, 0.6) is 0 Å². The van der Waals surface area contributed by atoms with E-state index in [4.69, 9.17) is 0 Å². The monoisotopic (exact) mass is 816 g/mol. The van der Waals surface area contributed by atoms with Crippen molar-refractivity contribution in [1.29, 1.82) is 0 Å². The Labute approximate surface area is 311 Å². The molecule has 12 heteroatoms. The van der Waals surface area contributed by atoms with E-state index in [1.807, 2.05) is 0 Å². The van der Waals surface area contributed by atoms with E-state index in [9.17, 15) is 34.5 Å². The minimum absolute atomic E-state index is 0.100. The van der Waals surface area contributed by atoms with E-state index in [0.717, 1.165) is 60.7 Å². The van der Waals surface area contributed by atoms with E-state index < -0.39 is 33.7 Å². The fourth-order valence-corrected chi connectivity index (χ4v) is 4.89. The number of hydrogen-bond donors (Lipinski definition) is 3. The number of carbonyl (C=O) groups is 4. The van der Waals surface area contributed by atoms with Crippen molar-refractivity contribution in [1.82, 2.24) is 0 Å². The van der Waals surface area contributed by atoms with E-state index in [2.05, 4.69) is 84.2 Å². The number of thiol groups is 3. The third-order valence-corrected chi connectivity index (χ3v) is 8.77. The van der Waals surface area contributed by atoms with Crippen molar-refractivity contribution in [2.75, 3.05) is 7.11 Å². The summed E-state index contributed by atoms with van der Waals surface area (Å²) in [6.07, 6.45) is 15.8. The normalized spacial score (nSPS) is 12.5. The number of aliphatic carboxylic acids is 3.